The molecule has 2 fully saturated rings. The number of aromatic nitrogens is 2. The van der Waals surface area contributed by atoms with Crippen molar-refractivity contribution >= 4 is 40.6 Å². The Morgan fingerprint density at radius 1 is 0.803 bits per heavy atom. The molecule has 4 heterocycles. The van der Waals surface area contributed by atoms with Crippen molar-refractivity contribution in [3.63, 3.8) is 0 Å². The summed E-state index contributed by atoms with van der Waals surface area (Å²) in [6.07, 6.45) is -1.83. The number of para-hydroxylation sites is 3. The molecule has 0 aliphatic carbocycles. The van der Waals surface area contributed by atoms with Crippen LogP contribution < -0.4 is 15.0 Å². The summed E-state index contributed by atoms with van der Waals surface area (Å²) in [5.41, 5.74) is 2.19. The van der Waals surface area contributed by atoms with Gasteiger partial charge in [-0.1, -0.05) is 103 Å². The molecule has 6 aromatic rings. The van der Waals surface area contributed by atoms with E-state index in [1.54, 1.807) is 48.5 Å². The number of esters is 1. The lowest BCUT2D eigenvalue weighted by atomic mass is 9.65. The Labute approximate surface area is 351 Å². The Morgan fingerprint density at radius 2 is 1.49 bits per heavy atom. The second-order valence-corrected chi connectivity index (χ2v) is 15.1. The highest BCUT2D eigenvalue weighted by Gasteiger charge is 2.75. The van der Waals surface area contributed by atoms with Crippen molar-refractivity contribution in [3.8, 4) is 5.75 Å². The molecule has 14 nitrogen and oxygen atoms in total. The van der Waals surface area contributed by atoms with E-state index in [1.165, 1.54) is 7.11 Å². The summed E-state index contributed by atoms with van der Waals surface area (Å²) >= 11 is 0. The predicted molar refractivity (Wildman–Crippen MR) is 222 cm³/mol. The van der Waals surface area contributed by atoms with Gasteiger partial charge in [0.05, 0.1) is 54.5 Å². The van der Waals surface area contributed by atoms with Crippen LogP contribution in [-0.2, 0) is 40.6 Å². The van der Waals surface area contributed by atoms with E-state index < -0.39 is 59.4 Å². The molecule has 9 rings (SSSR count). The highest BCUT2D eigenvalue weighted by molar-refractivity contribution is 6.23. The normalized spacial score (nSPS) is 23.1. The summed E-state index contributed by atoms with van der Waals surface area (Å²) in [5, 5.41) is 12.5. The minimum absolute atomic E-state index is 0.0566. The number of benzene rings is 5. The average molecular weight is 822 g/mol. The van der Waals surface area contributed by atoms with Crippen molar-refractivity contribution in [1.29, 1.82) is 0 Å². The minimum atomic E-state index is -1.93. The minimum Gasteiger partial charge on any atom is -0.491 e. The lowest BCUT2D eigenvalue weighted by Gasteiger charge is -2.46. The largest absolute Gasteiger partial charge is 0.491 e. The molecule has 3 amide bonds. The first kappa shape index (κ1) is 39.6. The summed E-state index contributed by atoms with van der Waals surface area (Å²) in [7, 11) is 1.47. The van der Waals surface area contributed by atoms with Crippen LogP contribution in [0.3, 0.4) is 0 Å². The number of aliphatic hydroxyl groups excluding tert-OH is 1. The van der Waals surface area contributed by atoms with Crippen LogP contribution in [0.15, 0.2) is 133 Å². The fourth-order valence-electron chi connectivity index (χ4n) is 9.40. The fourth-order valence-corrected chi connectivity index (χ4v) is 9.40. The van der Waals surface area contributed by atoms with Gasteiger partial charge in [-0.15, -0.1) is 0 Å². The topological polar surface area (TPSA) is 173 Å². The van der Waals surface area contributed by atoms with Crippen LogP contribution in [0, 0.1) is 5.92 Å². The summed E-state index contributed by atoms with van der Waals surface area (Å²) in [4.78, 5) is 71.5. The number of carbonyl (C=O) groups is 4. The number of hydrogen-bond donors (Lipinski definition) is 3. The molecule has 0 radical (unpaired) electrons. The zero-order chi connectivity index (χ0) is 42.1. The fraction of sp³-hybridized carbons (Fsp3) is 0.255. The summed E-state index contributed by atoms with van der Waals surface area (Å²) in [5.74, 6) is -2.61. The van der Waals surface area contributed by atoms with Crippen LogP contribution in [0.5, 0.6) is 5.75 Å². The number of fused-ring (bicyclic) bond motifs is 4. The van der Waals surface area contributed by atoms with Gasteiger partial charge in [0.25, 0.3) is 0 Å². The van der Waals surface area contributed by atoms with E-state index in [-0.39, 0.29) is 38.7 Å². The number of amides is 3. The van der Waals surface area contributed by atoms with Crippen LogP contribution in [0.25, 0.3) is 11.0 Å². The van der Waals surface area contributed by atoms with Crippen molar-refractivity contribution in [3.05, 3.63) is 162 Å². The molecule has 3 aliphatic rings. The standard InChI is InChI=1S/C47H43N5O9/c1-58-26-27-60-46(57)51-36-19-11-8-16-33(36)47(45(51)56)38(43(54)48-28-37-49-34-17-9-10-18-35(34)50-37)40-44(55)61-41(30-14-6-3-7-15-30)39(29-12-4-2-5-13-29)52(40)42(47)31-20-22-32(23-21-31)59-25-24-53/h2-23,38-42,53H,24-28H2,1H3,(H,48,54)(H,49,50). The number of anilines is 1. The smallest absolute Gasteiger partial charge is 0.421 e. The number of imidazole rings is 1. The first-order valence-corrected chi connectivity index (χ1v) is 20.1. The van der Waals surface area contributed by atoms with Crippen LogP contribution in [-0.4, -0.2) is 83.4 Å². The third-order valence-electron chi connectivity index (χ3n) is 11.8. The number of methoxy groups -OCH3 is 1. The monoisotopic (exact) mass is 821 g/mol. The quantitative estimate of drug-likeness (QED) is 0.102. The van der Waals surface area contributed by atoms with E-state index in [0.717, 1.165) is 16.0 Å². The van der Waals surface area contributed by atoms with Crippen LogP contribution in [0.2, 0.25) is 0 Å². The second kappa shape index (κ2) is 16.6. The number of morpholine rings is 1. The zero-order valence-corrected chi connectivity index (χ0v) is 33.2. The third kappa shape index (κ3) is 6.78. The van der Waals surface area contributed by atoms with Crippen molar-refractivity contribution in [2.75, 3.05) is 38.4 Å². The van der Waals surface area contributed by atoms with E-state index in [2.05, 4.69) is 15.3 Å². The van der Waals surface area contributed by atoms with Crippen LogP contribution in [0.1, 0.15) is 46.3 Å². The lowest BCUT2D eigenvalue weighted by Crippen LogP contribution is -2.55. The van der Waals surface area contributed by atoms with E-state index in [9.17, 15) is 9.90 Å². The van der Waals surface area contributed by atoms with Gasteiger partial charge in [0, 0.05) is 7.11 Å². The van der Waals surface area contributed by atoms with Gasteiger partial charge in [0.15, 0.2) is 0 Å². The molecule has 1 spiro atoms. The Morgan fingerprint density at radius 3 is 2.21 bits per heavy atom. The van der Waals surface area contributed by atoms with Crippen LogP contribution in [0.4, 0.5) is 10.5 Å². The Balaban J connectivity index is 1.28. The maximum absolute atomic E-state index is 16.0. The average Bonchev–Trinajstić information content (AvgIpc) is 3.94. The lowest BCUT2D eigenvalue weighted by molar-refractivity contribution is -0.178. The summed E-state index contributed by atoms with van der Waals surface area (Å²) in [6, 6.07) is 37.1. The number of rotatable bonds is 12. The Kier molecular flexibility index (Phi) is 10.8. The van der Waals surface area contributed by atoms with E-state index in [0.29, 0.717) is 33.8 Å². The van der Waals surface area contributed by atoms with E-state index >= 15 is 14.4 Å². The zero-order valence-electron chi connectivity index (χ0n) is 33.2. The van der Waals surface area contributed by atoms with Gasteiger partial charge in [-0.05, 0) is 52.6 Å². The van der Waals surface area contributed by atoms with Crippen molar-refractivity contribution in [2.45, 2.75) is 36.2 Å². The molecule has 6 atom stereocenters. The number of nitrogens with one attached hydrogen (secondary N) is 2. The van der Waals surface area contributed by atoms with Crippen molar-refractivity contribution in [1.82, 2.24) is 20.2 Å². The van der Waals surface area contributed by atoms with Gasteiger partial charge < -0.3 is 34.4 Å². The highest BCUT2D eigenvalue weighted by Crippen LogP contribution is 2.65. The number of H-pyrrole nitrogens is 1. The van der Waals surface area contributed by atoms with Gasteiger partial charge in [0.2, 0.25) is 11.8 Å². The number of aliphatic hydroxyl groups is 1. The second-order valence-electron chi connectivity index (χ2n) is 15.1. The Hall–Kier alpha value is -6.87. The van der Waals surface area contributed by atoms with Crippen molar-refractivity contribution in [2.24, 2.45) is 5.92 Å². The maximum atomic E-state index is 16.0. The van der Waals surface area contributed by atoms with Gasteiger partial charge in [-0.25, -0.2) is 14.7 Å². The number of hydrogen-bond acceptors (Lipinski definition) is 11. The van der Waals surface area contributed by atoms with E-state index in [1.807, 2.05) is 89.8 Å². The molecule has 3 aliphatic heterocycles. The molecule has 0 bridgehead atoms. The number of imide groups is 1. The molecular weight excluding hydrogens is 779 g/mol. The molecule has 1 aromatic heterocycles. The molecule has 61 heavy (non-hydrogen) atoms. The Bertz CT molecular complexity index is 2540. The van der Waals surface area contributed by atoms with Crippen molar-refractivity contribution < 1.29 is 43.2 Å². The third-order valence-corrected chi connectivity index (χ3v) is 11.8. The first-order valence-electron chi connectivity index (χ1n) is 20.1. The first-order chi connectivity index (χ1) is 29.9. The predicted octanol–water partition coefficient (Wildman–Crippen LogP) is 5.70. The number of ether oxygens (including phenoxy) is 4. The van der Waals surface area contributed by atoms with Gasteiger partial charge in [-0.3, -0.25) is 19.3 Å². The molecule has 2 saturated heterocycles. The molecule has 310 valence electrons. The highest BCUT2D eigenvalue weighted by atomic mass is 16.6. The maximum Gasteiger partial charge on any atom is 0.421 e. The number of carbonyl (C=O) groups excluding carboxylic acids is 4. The van der Waals surface area contributed by atoms with Gasteiger partial charge in [-0.2, -0.15) is 0 Å². The molecule has 0 saturated carbocycles. The number of nitrogens with zero attached hydrogens (tertiary/aromatic N) is 3. The van der Waals surface area contributed by atoms with E-state index in [4.69, 9.17) is 18.9 Å². The van der Waals surface area contributed by atoms with Crippen LogP contribution >= 0.6 is 0 Å². The number of aromatic amines is 1. The number of cyclic esters (lactones) is 1. The molecule has 6 unspecified atom stereocenters. The SMILES string of the molecule is COCCOC(=O)N1C(=O)C2(c3ccccc31)C(C(=O)NCc1nc3ccccc3[nH]1)C1C(=O)OC(c3ccccc3)C(c3ccccc3)N1C2c1ccc(OCCO)cc1. The van der Waals surface area contributed by atoms with Gasteiger partial charge in [0.1, 0.15) is 42.3 Å². The molecule has 3 N–H and O–H groups in total. The van der Waals surface area contributed by atoms with Gasteiger partial charge >= 0.3 is 12.1 Å². The summed E-state index contributed by atoms with van der Waals surface area (Å²) < 4.78 is 23.0. The molecule has 14 heteroatoms. The molecular formula is C47H43N5O9. The molecule has 5 aromatic carbocycles. The summed E-state index contributed by atoms with van der Waals surface area (Å²) in [6.45, 7) is -0.249.